The highest BCUT2D eigenvalue weighted by atomic mass is 16.7. The minimum Gasteiger partial charge on any atom is -0.426 e. The number of nitrogens with two attached hydrogens (primary N) is 1. The molecule has 3 N–H and O–H groups in total. The first-order valence-corrected chi connectivity index (χ1v) is 9.05. The molecule has 1 aliphatic rings. The second-order valence-electron chi connectivity index (χ2n) is 7.44. The number of amides is 2. The Morgan fingerprint density at radius 3 is 2.17 bits per heavy atom. The summed E-state index contributed by atoms with van der Waals surface area (Å²) in [5.41, 5.74) is 1.43. The predicted molar refractivity (Wildman–Crippen MR) is 100 cm³/mol. The van der Waals surface area contributed by atoms with Crippen LogP contribution >= 0.6 is 0 Å². The molecule has 0 aromatic heterocycles. The molecular weight excluding hydrogens is 398 g/mol. The number of ether oxygens (including phenoxy) is 3. The Morgan fingerprint density at radius 2 is 1.67 bits per heavy atom. The van der Waals surface area contributed by atoms with Crippen LogP contribution in [0.3, 0.4) is 0 Å². The third kappa shape index (κ3) is 5.84. The van der Waals surface area contributed by atoms with Crippen LogP contribution in [0.25, 0.3) is 0 Å². The summed E-state index contributed by atoms with van der Waals surface area (Å²) in [6, 6.07) is 5.58. The smallest absolute Gasteiger partial charge is 0.426 e. The van der Waals surface area contributed by atoms with Crippen molar-refractivity contribution in [2.75, 3.05) is 6.54 Å². The van der Waals surface area contributed by atoms with Gasteiger partial charge in [-0.25, -0.2) is 15.1 Å². The second kappa shape index (κ2) is 9.46. The Morgan fingerprint density at radius 1 is 1.10 bits per heavy atom. The van der Waals surface area contributed by atoms with Crippen molar-refractivity contribution < 1.29 is 38.2 Å². The van der Waals surface area contributed by atoms with Crippen LogP contribution in [-0.2, 0) is 28.7 Å². The number of hydrogen-bond acceptors (Lipinski definition) is 10. The second-order valence-corrected chi connectivity index (χ2v) is 7.44. The van der Waals surface area contributed by atoms with Crippen molar-refractivity contribution in [2.24, 2.45) is 11.3 Å². The molecule has 0 radical (unpaired) electrons. The van der Waals surface area contributed by atoms with E-state index in [9.17, 15) is 24.0 Å². The molecule has 0 saturated carbocycles. The van der Waals surface area contributed by atoms with Gasteiger partial charge in [0.2, 0.25) is 18.0 Å². The van der Waals surface area contributed by atoms with Gasteiger partial charge in [-0.1, -0.05) is 0 Å². The molecule has 1 atom stereocenters. The molecule has 30 heavy (non-hydrogen) atoms. The van der Waals surface area contributed by atoms with Crippen LogP contribution in [0.2, 0.25) is 0 Å². The molecule has 162 valence electrons. The van der Waals surface area contributed by atoms with Crippen LogP contribution < -0.4 is 16.0 Å². The number of carbonyl (C=O) groups excluding carboxylic acids is 5. The summed E-state index contributed by atoms with van der Waals surface area (Å²) < 4.78 is 14.8. The molecule has 11 nitrogen and oxygen atoms in total. The molecule has 1 saturated heterocycles. The van der Waals surface area contributed by atoms with Gasteiger partial charge in [0, 0.05) is 18.4 Å². The summed E-state index contributed by atoms with van der Waals surface area (Å²) >= 11 is 0. The summed E-state index contributed by atoms with van der Waals surface area (Å²) in [6.45, 7) is 4.44. The largest absolute Gasteiger partial charge is 0.518 e. The van der Waals surface area contributed by atoms with Gasteiger partial charge in [0.25, 0.3) is 0 Å². The number of nitrogens with zero attached hydrogens (tertiary/aromatic N) is 1. The number of likely N-dealkylation sites (tertiary alicyclic amines) is 1. The lowest BCUT2D eigenvalue weighted by molar-refractivity contribution is -0.156. The summed E-state index contributed by atoms with van der Waals surface area (Å²) in [5, 5.41) is 0. The van der Waals surface area contributed by atoms with Crippen molar-refractivity contribution >= 4 is 29.9 Å². The van der Waals surface area contributed by atoms with Gasteiger partial charge in [0.05, 0.1) is 5.41 Å². The number of imide groups is 1. The zero-order valence-electron chi connectivity index (χ0n) is 16.8. The molecule has 1 aliphatic heterocycles. The Kier molecular flexibility index (Phi) is 7.24. The van der Waals surface area contributed by atoms with Crippen LogP contribution in [0.1, 0.15) is 45.4 Å². The fraction of sp³-hybridized carbons (Fsp3) is 0.421. The Bertz CT molecular complexity index is 828. The fourth-order valence-electron chi connectivity index (χ4n) is 2.42. The lowest BCUT2D eigenvalue weighted by Gasteiger charge is -2.26. The molecule has 1 heterocycles. The maximum Gasteiger partial charge on any atom is 0.518 e. The highest BCUT2D eigenvalue weighted by molar-refractivity contribution is 6.02. The highest BCUT2D eigenvalue weighted by Gasteiger charge is 2.39. The molecule has 2 amide bonds. The summed E-state index contributed by atoms with van der Waals surface area (Å²) in [4.78, 5) is 60.6. The average molecular weight is 421 g/mol. The third-order valence-electron chi connectivity index (χ3n) is 3.96. The minimum absolute atomic E-state index is 0.0313. The van der Waals surface area contributed by atoms with Crippen LogP contribution in [0.5, 0.6) is 5.75 Å². The van der Waals surface area contributed by atoms with Crippen LogP contribution in [-0.4, -0.2) is 41.4 Å². The van der Waals surface area contributed by atoms with E-state index in [1.54, 1.807) is 20.8 Å². The van der Waals surface area contributed by atoms with E-state index in [0.717, 1.165) is 4.90 Å². The van der Waals surface area contributed by atoms with Crippen molar-refractivity contribution in [1.82, 2.24) is 10.3 Å². The predicted octanol–water partition coefficient (Wildman–Crippen LogP) is 0.929. The normalized spacial score (nSPS) is 15.0. The number of benzene rings is 1. The summed E-state index contributed by atoms with van der Waals surface area (Å²) in [5.74, 6) is 2.68. The molecule has 0 spiro atoms. The molecule has 1 fully saturated rings. The Labute approximate surface area is 172 Å². The molecule has 11 heteroatoms. The van der Waals surface area contributed by atoms with E-state index in [4.69, 9.17) is 15.3 Å². The fourth-order valence-corrected chi connectivity index (χ4v) is 2.42. The van der Waals surface area contributed by atoms with Gasteiger partial charge >= 0.3 is 18.1 Å². The van der Waals surface area contributed by atoms with Crippen LogP contribution in [0.15, 0.2) is 24.3 Å². The first-order chi connectivity index (χ1) is 14.0. The van der Waals surface area contributed by atoms with Crippen molar-refractivity contribution in [3.05, 3.63) is 29.8 Å². The minimum atomic E-state index is -1.44. The highest BCUT2D eigenvalue weighted by Crippen LogP contribution is 2.30. The van der Waals surface area contributed by atoms with Gasteiger partial charge in [0.15, 0.2) is 0 Å². The molecule has 0 aliphatic carbocycles. The van der Waals surface area contributed by atoms with Crippen molar-refractivity contribution in [2.45, 2.75) is 39.8 Å². The topological polar surface area (TPSA) is 154 Å². The molecule has 1 aromatic rings. The first-order valence-electron chi connectivity index (χ1n) is 9.05. The van der Waals surface area contributed by atoms with Gasteiger partial charge in [-0.3, -0.25) is 25.0 Å². The van der Waals surface area contributed by atoms with E-state index in [2.05, 4.69) is 10.2 Å². The van der Waals surface area contributed by atoms with Gasteiger partial charge < -0.3 is 14.2 Å². The number of rotatable bonds is 6. The third-order valence-corrected chi connectivity index (χ3v) is 3.96. The van der Waals surface area contributed by atoms with Gasteiger partial charge in [-0.2, -0.15) is 0 Å². The SMILES string of the molecule is CC(C)(C)C(=O)OC(=O)OC(c1ccc(OC(=O)CNN)cc1)N1C(=O)CCC1=O. The van der Waals surface area contributed by atoms with Gasteiger partial charge in [0.1, 0.15) is 12.3 Å². The Hall–Kier alpha value is -3.31. The van der Waals surface area contributed by atoms with E-state index < -0.39 is 41.6 Å². The van der Waals surface area contributed by atoms with E-state index in [0.29, 0.717) is 0 Å². The van der Waals surface area contributed by atoms with Crippen LogP contribution in [0, 0.1) is 5.41 Å². The van der Waals surface area contributed by atoms with Crippen LogP contribution in [0.4, 0.5) is 4.79 Å². The van der Waals surface area contributed by atoms with Crippen molar-refractivity contribution in [3.8, 4) is 5.75 Å². The van der Waals surface area contributed by atoms with E-state index in [1.165, 1.54) is 24.3 Å². The summed E-state index contributed by atoms with van der Waals surface area (Å²) in [6.07, 6.45) is -2.85. The lowest BCUT2D eigenvalue weighted by atomic mass is 9.98. The number of hydrogen-bond donors (Lipinski definition) is 2. The molecule has 0 bridgehead atoms. The van der Waals surface area contributed by atoms with E-state index in [-0.39, 0.29) is 30.7 Å². The molecular formula is C19H23N3O8. The number of carbonyl (C=O) groups is 5. The van der Waals surface area contributed by atoms with Gasteiger partial charge in [-0.05, 0) is 45.0 Å². The number of hydrazine groups is 1. The summed E-state index contributed by atoms with van der Waals surface area (Å²) in [7, 11) is 0. The first kappa shape index (κ1) is 23.0. The lowest BCUT2D eigenvalue weighted by Crippen LogP contribution is -2.37. The standard InChI is InChI=1S/C19H23N3O8/c1-19(2,3)17(26)30-18(27)29-16(22-13(23)8-9-14(22)24)11-4-6-12(7-5-11)28-15(25)10-21-20/h4-7,16,21H,8-10,20H2,1-3H3. The van der Waals surface area contributed by atoms with Crippen molar-refractivity contribution in [1.29, 1.82) is 0 Å². The maximum atomic E-state index is 12.2. The zero-order valence-corrected chi connectivity index (χ0v) is 16.8. The van der Waals surface area contributed by atoms with Gasteiger partial charge in [-0.15, -0.1) is 0 Å². The maximum absolute atomic E-state index is 12.2. The monoisotopic (exact) mass is 421 g/mol. The molecule has 1 unspecified atom stereocenters. The zero-order chi connectivity index (χ0) is 22.5. The number of nitrogens with one attached hydrogen (secondary N) is 1. The molecule has 2 rings (SSSR count). The average Bonchev–Trinajstić information content (AvgIpc) is 2.98. The number of esters is 2. The van der Waals surface area contributed by atoms with Crippen molar-refractivity contribution in [3.63, 3.8) is 0 Å². The van der Waals surface area contributed by atoms with E-state index >= 15 is 0 Å². The molecule has 1 aromatic carbocycles. The quantitative estimate of drug-likeness (QED) is 0.169. The Balaban J connectivity index is 2.23. The van der Waals surface area contributed by atoms with E-state index in [1.807, 2.05) is 0 Å².